The summed E-state index contributed by atoms with van der Waals surface area (Å²) in [6, 6.07) is 0. The van der Waals surface area contributed by atoms with Crippen LogP contribution in [0.5, 0.6) is 0 Å². The minimum absolute atomic E-state index is 0.222. The molecule has 1 aliphatic heterocycles. The van der Waals surface area contributed by atoms with E-state index in [1.807, 2.05) is 0 Å². The first kappa shape index (κ1) is 17.5. The molecule has 1 saturated heterocycles. The zero-order valence-corrected chi connectivity index (χ0v) is 14.0. The highest BCUT2D eigenvalue weighted by Gasteiger charge is 2.24. The zero-order valence-electron chi connectivity index (χ0n) is 14.0. The molecule has 0 aromatic carbocycles. The quantitative estimate of drug-likeness (QED) is 0.641. The highest BCUT2D eigenvalue weighted by atomic mass is 16.8. The fraction of sp³-hybridized carbons (Fsp3) is 0.625. The molecule has 0 unspecified atom stereocenters. The van der Waals surface area contributed by atoms with Gasteiger partial charge in [0.25, 0.3) is 5.91 Å². The summed E-state index contributed by atoms with van der Waals surface area (Å²) < 4.78 is 10.6. The van der Waals surface area contributed by atoms with Crippen molar-refractivity contribution in [1.29, 1.82) is 0 Å². The Balaban J connectivity index is 2.04. The molecule has 2 N–H and O–H groups in total. The summed E-state index contributed by atoms with van der Waals surface area (Å²) in [5.74, 6) is -0.884. The maximum absolute atomic E-state index is 12.2. The number of carbonyl (C=O) groups excluding carboxylic acids is 2. The van der Waals surface area contributed by atoms with Gasteiger partial charge in [-0.1, -0.05) is 0 Å². The van der Waals surface area contributed by atoms with Gasteiger partial charge < -0.3 is 14.5 Å². The van der Waals surface area contributed by atoms with Crippen LogP contribution in [0.1, 0.15) is 65.2 Å². The summed E-state index contributed by atoms with van der Waals surface area (Å²) in [5.41, 5.74) is 4.19. The van der Waals surface area contributed by atoms with Crippen LogP contribution in [0.3, 0.4) is 0 Å². The summed E-state index contributed by atoms with van der Waals surface area (Å²) in [6.07, 6.45) is 2.11. The van der Waals surface area contributed by atoms with Crippen molar-refractivity contribution in [1.82, 2.24) is 10.5 Å². The second-order valence-electron chi connectivity index (χ2n) is 5.92. The molecule has 0 saturated carbocycles. The second kappa shape index (κ2) is 7.61. The Bertz CT molecular complexity index is 573. The first-order valence-electron chi connectivity index (χ1n) is 7.88. The maximum atomic E-state index is 12.2. The zero-order chi connectivity index (χ0) is 17.0. The van der Waals surface area contributed by atoms with E-state index in [9.17, 15) is 9.59 Å². The molecule has 0 bridgehead atoms. The van der Waals surface area contributed by atoms with Crippen LogP contribution in [0.4, 0.5) is 0 Å². The lowest BCUT2D eigenvalue weighted by molar-refractivity contribution is -0.186. The number of carbonyl (C=O) groups is 2. The van der Waals surface area contributed by atoms with Gasteiger partial charge in [0.2, 0.25) is 0 Å². The topological polar surface area (TPSA) is 89.7 Å². The number of aromatic nitrogens is 1. The Hall–Kier alpha value is -1.86. The smallest absolute Gasteiger partial charge is 0.340 e. The van der Waals surface area contributed by atoms with E-state index >= 15 is 0 Å². The number of nitrogens with one attached hydrogen (secondary N) is 2. The normalized spacial score (nSPS) is 18.0. The number of H-pyrrole nitrogens is 1. The molecular weight excluding hydrogens is 300 g/mol. The molecule has 0 radical (unpaired) electrons. The van der Waals surface area contributed by atoms with Gasteiger partial charge >= 0.3 is 5.97 Å². The Labute approximate surface area is 135 Å². The highest BCUT2D eigenvalue weighted by Crippen LogP contribution is 2.20. The van der Waals surface area contributed by atoms with E-state index in [4.69, 9.17) is 14.3 Å². The van der Waals surface area contributed by atoms with Gasteiger partial charge in [-0.2, -0.15) is 0 Å². The van der Waals surface area contributed by atoms with Crippen LogP contribution in [0.15, 0.2) is 0 Å². The van der Waals surface area contributed by atoms with Crippen molar-refractivity contribution in [2.45, 2.75) is 59.4 Å². The molecule has 23 heavy (non-hydrogen) atoms. The van der Waals surface area contributed by atoms with Crippen LogP contribution >= 0.6 is 0 Å². The number of aryl methyl sites for hydroxylation is 1. The van der Waals surface area contributed by atoms with Crippen molar-refractivity contribution in [3.8, 4) is 0 Å². The van der Waals surface area contributed by atoms with Gasteiger partial charge in [-0.15, -0.1) is 0 Å². The fourth-order valence-electron chi connectivity index (χ4n) is 2.53. The number of esters is 1. The van der Waals surface area contributed by atoms with Gasteiger partial charge in [0.15, 0.2) is 6.29 Å². The molecule has 1 aromatic rings. The van der Waals surface area contributed by atoms with Crippen molar-refractivity contribution < 1.29 is 23.9 Å². The molecule has 0 aliphatic carbocycles. The Morgan fingerprint density at radius 1 is 1.30 bits per heavy atom. The lowest BCUT2D eigenvalue weighted by Crippen LogP contribution is -2.33. The van der Waals surface area contributed by atoms with Gasteiger partial charge in [0, 0.05) is 18.7 Å². The average molecular weight is 324 g/mol. The number of amides is 1. The van der Waals surface area contributed by atoms with Gasteiger partial charge in [-0.05, 0) is 46.1 Å². The number of hydrogen-bond donors (Lipinski definition) is 2. The van der Waals surface area contributed by atoms with Crippen molar-refractivity contribution in [2.75, 3.05) is 6.61 Å². The third-order valence-corrected chi connectivity index (χ3v) is 3.63. The molecule has 1 fully saturated rings. The standard InChI is InChI=1S/C16H24N2O5/c1-9(2)22-16(20)13-10(3)14(17-11(13)4)15(19)18-23-12-7-5-6-8-21-12/h9,12,17H,5-8H2,1-4H3,(H,18,19)/t12-/m1/s1. The number of hydrogen-bond acceptors (Lipinski definition) is 5. The SMILES string of the molecule is Cc1[nH]c(C(=O)NO[C@@H]2CCCCO2)c(C)c1C(=O)OC(C)C. The monoisotopic (exact) mass is 324 g/mol. The maximum Gasteiger partial charge on any atom is 0.340 e. The molecule has 1 atom stereocenters. The van der Waals surface area contributed by atoms with E-state index in [1.165, 1.54) is 0 Å². The van der Waals surface area contributed by atoms with Gasteiger partial charge in [0.1, 0.15) is 5.69 Å². The Morgan fingerprint density at radius 2 is 2.04 bits per heavy atom. The summed E-state index contributed by atoms with van der Waals surface area (Å²) >= 11 is 0. The van der Waals surface area contributed by atoms with Crippen molar-refractivity contribution in [3.63, 3.8) is 0 Å². The van der Waals surface area contributed by atoms with Crippen LogP contribution in [0.25, 0.3) is 0 Å². The number of ether oxygens (including phenoxy) is 2. The van der Waals surface area contributed by atoms with E-state index in [0.717, 1.165) is 19.3 Å². The van der Waals surface area contributed by atoms with Crippen molar-refractivity contribution >= 4 is 11.9 Å². The van der Waals surface area contributed by atoms with E-state index in [1.54, 1.807) is 27.7 Å². The third kappa shape index (κ3) is 4.33. The van der Waals surface area contributed by atoms with Crippen LogP contribution in [0.2, 0.25) is 0 Å². The fourth-order valence-corrected chi connectivity index (χ4v) is 2.53. The average Bonchev–Trinajstić information content (AvgIpc) is 2.80. The van der Waals surface area contributed by atoms with E-state index in [2.05, 4.69) is 10.5 Å². The molecule has 128 valence electrons. The lowest BCUT2D eigenvalue weighted by atomic mass is 10.1. The van der Waals surface area contributed by atoms with E-state index < -0.39 is 18.2 Å². The van der Waals surface area contributed by atoms with Gasteiger partial charge in [-0.3, -0.25) is 4.79 Å². The van der Waals surface area contributed by atoms with Crippen molar-refractivity contribution in [2.24, 2.45) is 0 Å². The minimum atomic E-state index is -0.443. The summed E-state index contributed by atoms with van der Waals surface area (Å²) in [4.78, 5) is 32.5. The Kier molecular flexibility index (Phi) is 5.79. The molecule has 1 aromatic heterocycles. The molecular formula is C16H24N2O5. The van der Waals surface area contributed by atoms with Crippen LogP contribution < -0.4 is 5.48 Å². The van der Waals surface area contributed by atoms with Crippen LogP contribution in [0, 0.1) is 13.8 Å². The molecule has 1 amide bonds. The summed E-state index contributed by atoms with van der Waals surface area (Å²) in [7, 11) is 0. The number of rotatable bonds is 5. The number of aromatic amines is 1. The van der Waals surface area contributed by atoms with Gasteiger partial charge in [0.05, 0.1) is 11.7 Å². The van der Waals surface area contributed by atoms with Crippen LogP contribution in [-0.2, 0) is 14.3 Å². The molecule has 1 aliphatic rings. The molecule has 0 spiro atoms. The molecule has 2 rings (SSSR count). The predicted octanol–water partition coefficient (Wildman–Crippen LogP) is 2.38. The minimum Gasteiger partial charge on any atom is -0.459 e. The predicted molar refractivity (Wildman–Crippen MR) is 83.0 cm³/mol. The number of hydroxylamine groups is 1. The van der Waals surface area contributed by atoms with E-state index in [-0.39, 0.29) is 11.8 Å². The molecule has 2 heterocycles. The summed E-state index contributed by atoms with van der Waals surface area (Å²) in [6.45, 7) is 7.62. The van der Waals surface area contributed by atoms with Crippen molar-refractivity contribution in [3.05, 3.63) is 22.5 Å². The second-order valence-corrected chi connectivity index (χ2v) is 5.92. The molecule has 7 nitrogen and oxygen atoms in total. The highest BCUT2D eigenvalue weighted by molar-refractivity contribution is 6.00. The van der Waals surface area contributed by atoms with Crippen LogP contribution in [-0.4, -0.2) is 35.9 Å². The lowest BCUT2D eigenvalue weighted by Gasteiger charge is -2.22. The third-order valence-electron chi connectivity index (χ3n) is 3.63. The summed E-state index contributed by atoms with van der Waals surface area (Å²) in [5, 5.41) is 0. The van der Waals surface area contributed by atoms with Gasteiger partial charge in [-0.25, -0.2) is 15.1 Å². The first-order chi connectivity index (χ1) is 10.9. The van der Waals surface area contributed by atoms with E-state index in [0.29, 0.717) is 23.4 Å². The largest absolute Gasteiger partial charge is 0.459 e. The first-order valence-corrected chi connectivity index (χ1v) is 7.88. The molecule has 7 heteroatoms. The Morgan fingerprint density at radius 3 is 2.65 bits per heavy atom.